The number of amides is 1. The maximum absolute atomic E-state index is 13.0. The number of alkyl halides is 3. The molecule has 172 valence electrons. The normalized spacial score (nSPS) is 13.5. The quantitative estimate of drug-likeness (QED) is 0.649. The number of ether oxygens (including phenoxy) is 1. The van der Waals surface area contributed by atoms with Crippen LogP contribution in [0.3, 0.4) is 0 Å². The van der Waals surface area contributed by atoms with Gasteiger partial charge in [-0.2, -0.15) is 13.2 Å². The number of hydrogen-bond acceptors (Lipinski definition) is 4. The van der Waals surface area contributed by atoms with Crippen molar-refractivity contribution in [1.82, 2.24) is 14.5 Å². The largest absolute Gasteiger partial charge is 0.445 e. The van der Waals surface area contributed by atoms with Crippen LogP contribution in [0, 0.1) is 0 Å². The number of carbonyl (C=O) groups is 1. The van der Waals surface area contributed by atoms with Crippen LogP contribution in [-0.2, 0) is 37.0 Å². The Bertz CT molecular complexity index is 1270. The van der Waals surface area contributed by atoms with Crippen LogP contribution in [0.25, 0.3) is 0 Å². The van der Waals surface area contributed by atoms with Crippen LogP contribution in [0.5, 0.6) is 0 Å². The molecule has 10 heteroatoms. The molecule has 7 nitrogen and oxygen atoms in total. The van der Waals surface area contributed by atoms with Crippen molar-refractivity contribution in [2.45, 2.75) is 32.3 Å². The summed E-state index contributed by atoms with van der Waals surface area (Å²) in [4.78, 5) is 42.0. The minimum absolute atomic E-state index is 0.0361. The molecule has 0 aliphatic carbocycles. The maximum atomic E-state index is 13.0. The third-order valence-electron chi connectivity index (χ3n) is 5.44. The van der Waals surface area contributed by atoms with Crippen LogP contribution >= 0.6 is 0 Å². The number of H-pyrrole nitrogens is 1. The SMILES string of the molecule is O=C(OCc1ccccc1)N1CCc2[nH]c(=O)n(Cc3ccc(C(F)(F)F)cc3)c(=O)c2C1. The first-order chi connectivity index (χ1) is 15.7. The average molecular weight is 459 g/mol. The highest BCUT2D eigenvalue weighted by Gasteiger charge is 2.30. The van der Waals surface area contributed by atoms with Gasteiger partial charge >= 0.3 is 18.0 Å². The molecule has 0 bridgehead atoms. The summed E-state index contributed by atoms with van der Waals surface area (Å²) in [5, 5.41) is 0. The first kappa shape index (κ1) is 22.4. The summed E-state index contributed by atoms with van der Waals surface area (Å²) in [5.74, 6) is 0. The highest BCUT2D eigenvalue weighted by Crippen LogP contribution is 2.29. The van der Waals surface area contributed by atoms with Gasteiger partial charge in [0.1, 0.15) is 6.61 Å². The molecule has 3 aromatic rings. The Labute approximate surface area is 186 Å². The van der Waals surface area contributed by atoms with Crippen molar-refractivity contribution in [3.8, 4) is 0 Å². The molecule has 1 N–H and O–H groups in total. The summed E-state index contributed by atoms with van der Waals surface area (Å²) in [6.45, 7) is 0.134. The number of hydrogen-bond donors (Lipinski definition) is 1. The molecule has 2 heterocycles. The average Bonchev–Trinajstić information content (AvgIpc) is 2.80. The van der Waals surface area contributed by atoms with Crippen molar-refractivity contribution < 1.29 is 22.7 Å². The fourth-order valence-electron chi connectivity index (χ4n) is 3.64. The standard InChI is InChI=1S/C23H20F3N3O4/c24-23(25,26)17-8-6-15(7-9-17)12-29-20(30)18-13-28(11-10-19(18)27-21(29)31)22(32)33-14-16-4-2-1-3-5-16/h1-9H,10-14H2,(H,27,31). The van der Waals surface area contributed by atoms with Gasteiger partial charge in [-0.15, -0.1) is 0 Å². The lowest BCUT2D eigenvalue weighted by molar-refractivity contribution is -0.137. The van der Waals surface area contributed by atoms with Gasteiger partial charge in [0.2, 0.25) is 0 Å². The van der Waals surface area contributed by atoms with E-state index < -0.39 is 29.1 Å². The van der Waals surface area contributed by atoms with Gasteiger partial charge in [0.05, 0.1) is 24.2 Å². The molecule has 0 saturated heterocycles. The van der Waals surface area contributed by atoms with Gasteiger partial charge in [-0.1, -0.05) is 42.5 Å². The Hall–Kier alpha value is -3.82. The summed E-state index contributed by atoms with van der Waals surface area (Å²) >= 11 is 0. The number of nitrogens with zero attached hydrogens (tertiary/aromatic N) is 2. The van der Waals surface area contributed by atoms with Gasteiger partial charge in [0.25, 0.3) is 5.56 Å². The van der Waals surface area contributed by atoms with Gasteiger partial charge in [-0.25, -0.2) is 9.59 Å². The van der Waals surface area contributed by atoms with Gasteiger partial charge in [0.15, 0.2) is 0 Å². The van der Waals surface area contributed by atoms with Crippen LogP contribution < -0.4 is 11.2 Å². The van der Waals surface area contributed by atoms with Crippen molar-refractivity contribution in [2.75, 3.05) is 6.54 Å². The Morgan fingerprint density at radius 1 is 1.00 bits per heavy atom. The molecule has 0 saturated carbocycles. The summed E-state index contributed by atoms with van der Waals surface area (Å²) in [6, 6.07) is 13.4. The second-order valence-corrected chi connectivity index (χ2v) is 7.68. The van der Waals surface area contributed by atoms with Gasteiger partial charge in [0, 0.05) is 18.7 Å². The summed E-state index contributed by atoms with van der Waals surface area (Å²) in [7, 11) is 0. The zero-order chi connectivity index (χ0) is 23.6. The van der Waals surface area contributed by atoms with E-state index in [-0.39, 0.29) is 38.2 Å². The van der Waals surface area contributed by atoms with E-state index in [9.17, 15) is 27.6 Å². The van der Waals surface area contributed by atoms with Crippen LogP contribution in [0.15, 0.2) is 64.2 Å². The monoisotopic (exact) mass is 459 g/mol. The molecular weight excluding hydrogens is 439 g/mol. The molecule has 0 unspecified atom stereocenters. The molecule has 4 rings (SSSR count). The van der Waals surface area contributed by atoms with E-state index in [0.29, 0.717) is 11.3 Å². The van der Waals surface area contributed by atoms with Crippen LogP contribution in [0.2, 0.25) is 0 Å². The number of fused-ring (bicyclic) bond motifs is 1. The highest BCUT2D eigenvalue weighted by molar-refractivity contribution is 5.68. The number of nitrogens with one attached hydrogen (secondary N) is 1. The van der Waals surface area contributed by atoms with E-state index in [2.05, 4.69) is 4.98 Å². The van der Waals surface area contributed by atoms with E-state index in [0.717, 1.165) is 22.3 Å². The second kappa shape index (κ2) is 8.97. The van der Waals surface area contributed by atoms with E-state index in [4.69, 9.17) is 4.74 Å². The van der Waals surface area contributed by atoms with Gasteiger partial charge in [-0.3, -0.25) is 9.36 Å². The maximum Gasteiger partial charge on any atom is 0.416 e. The number of aromatic amines is 1. The van der Waals surface area contributed by atoms with E-state index in [1.165, 1.54) is 17.0 Å². The molecule has 1 amide bonds. The topological polar surface area (TPSA) is 84.4 Å². The van der Waals surface area contributed by atoms with Gasteiger partial charge in [-0.05, 0) is 23.3 Å². The van der Waals surface area contributed by atoms with Crippen LogP contribution in [0.4, 0.5) is 18.0 Å². The fraction of sp³-hybridized carbons (Fsp3) is 0.261. The number of rotatable bonds is 4. The third-order valence-corrected chi connectivity index (χ3v) is 5.44. The molecular formula is C23H20F3N3O4. The zero-order valence-corrected chi connectivity index (χ0v) is 17.4. The Morgan fingerprint density at radius 2 is 1.70 bits per heavy atom. The molecule has 1 aromatic heterocycles. The number of aromatic nitrogens is 2. The highest BCUT2D eigenvalue weighted by atomic mass is 19.4. The molecule has 0 radical (unpaired) electrons. The van der Waals surface area contributed by atoms with E-state index in [1.807, 2.05) is 30.3 Å². The number of halogens is 3. The number of benzene rings is 2. The van der Waals surface area contributed by atoms with Crippen molar-refractivity contribution in [3.63, 3.8) is 0 Å². The van der Waals surface area contributed by atoms with Crippen molar-refractivity contribution >= 4 is 6.09 Å². The minimum atomic E-state index is -4.47. The molecule has 33 heavy (non-hydrogen) atoms. The minimum Gasteiger partial charge on any atom is -0.445 e. The summed E-state index contributed by atoms with van der Waals surface area (Å²) < 4.78 is 44.5. The van der Waals surface area contributed by atoms with Crippen molar-refractivity contribution in [2.24, 2.45) is 0 Å². The lowest BCUT2D eigenvalue weighted by Crippen LogP contribution is -2.45. The molecule has 2 aromatic carbocycles. The molecule has 0 fully saturated rings. The lowest BCUT2D eigenvalue weighted by atomic mass is 10.1. The summed E-state index contributed by atoms with van der Waals surface area (Å²) in [6.07, 6.45) is -4.78. The smallest absolute Gasteiger partial charge is 0.416 e. The van der Waals surface area contributed by atoms with Crippen LogP contribution in [0.1, 0.15) is 27.9 Å². The number of carbonyl (C=O) groups excluding carboxylic acids is 1. The molecule has 1 aliphatic rings. The fourth-order valence-corrected chi connectivity index (χ4v) is 3.64. The lowest BCUT2D eigenvalue weighted by Gasteiger charge is -2.27. The van der Waals surface area contributed by atoms with E-state index >= 15 is 0 Å². The van der Waals surface area contributed by atoms with Gasteiger partial charge < -0.3 is 14.6 Å². The molecule has 1 aliphatic heterocycles. The Kier molecular flexibility index (Phi) is 6.08. The Balaban J connectivity index is 1.51. The second-order valence-electron chi connectivity index (χ2n) is 7.68. The van der Waals surface area contributed by atoms with Crippen LogP contribution in [-0.4, -0.2) is 27.1 Å². The van der Waals surface area contributed by atoms with Crippen molar-refractivity contribution in [3.05, 3.63) is 103 Å². The molecule has 0 atom stereocenters. The molecule has 0 spiro atoms. The summed E-state index contributed by atoms with van der Waals surface area (Å²) in [5.41, 5.74) is -0.169. The predicted octanol–water partition coefficient (Wildman–Crippen LogP) is 3.30. The first-order valence-electron chi connectivity index (χ1n) is 10.2. The predicted molar refractivity (Wildman–Crippen MR) is 113 cm³/mol. The van der Waals surface area contributed by atoms with Crippen molar-refractivity contribution in [1.29, 1.82) is 0 Å². The first-order valence-corrected chi connectivity index (χ1v) is 10.2. The van der Waals surface area contributed by atoms with E-state index in [1.54, 1.807) is 0 Å². The zero-order valence-electron chi connectivity index (χ0n) is 17.4. The third kappa shape index (κ3) is 5.00. The Morgan fingerprint density at radius 3 is 2.36 bits per heavy atom.